The average molecular weight is 868 g/mol. The summed E-state index contributed by atoms with van der Waals surface area (Å²) in [5, 5.41) is 0. The van der Waals surface area contributed by atoms with Crippen LogP contribution in [0.2, 0.25) is 0 Å². The Kier molecular flexibility index (Phi) is 8.08. The van der Waals surface area contributed by atoms with E-state index in [-0.39, 0.29) is 10.8 Å². The van der Waals surface area contributed by atoms with Crippen molar-refractivity contribution in [2.45, 2.75) is 43.9 Å². The Bertz CT molecular complexity index is 3670. The van der Waals surface area contributed by atoms with Crippen LogP contribution in [0, 0.1) is 0 Å². The lowest BCUT2D eigenvalue weighted by atomic mass is 9.69. The second kappa shape index (κ2) is 14.0. The summed E-state index contributed by atoms with van der Waals surface area (Å²) in [4.78, 5) is 2.45. The van der Waals surface area contributed by atoms with Gasteiger partial charge < -0.3 is 4.90 Å². The van der Waals surface area contributed by atoms with Crippen molar-refractivity contribution in [1.82, 2.24) is 0 Å². The third kappa shape index (κ3) is 5.11. The van der Waals surface area contributed by atoms with Gasteiger partial charge in [-0.3, -0.25) is 0 Å². The van der Waals surface area contributed by atoms with Gasteiger partial charge in [-0.2, -0.15) is 0 Å². The van der Waals surface area contributed by atoms with E-state index in [9.17, 15) is 0 Å². The second-order valence-corrected chi connectivity index (χ2v) is 20.3. The van der Waals surface area contributed by atoms with Crippen LogP contribution in [0.15, 0.2) is 224 Å². The molecule has 1 spiro atoms. The van der Waals surface area contributed by atoms with Crippen molar-refractivity contribution in [2.75, 3.05) is 4.90 Å². The lowest BCUT2D eigenvalue weighted by Crippen LogP contribution is -2.26. The average Bonchev–Trinajstić information content (AvgIpc) is 4.02. The van der Waals surface area contributed by atoms with Crippen LogP contribution in [0.3, 0.4) is 0 Å². The largest absolute Gasteiger partial charge is 0.310 e. The molecule has 0 heterocycles. The molecule has 0 bridgehead atoms. The van der Waals surface area contributed by atoms with Gasteiger partial charge in [0.15, 0.2) is 0 Å². The van der Waals surface area contributed by atoms with Gasteiger partial charge in [0.2, 0.25) is 0 Å². The number of hydrogen-bond acceptors (Lipinski definition) is 1. The van der Waals surface area contributed by atoms with Crippen LogP contribution in [-0.2, 0) is 16.2 Å². The summed E-state index contributed by atoms with van der Waals surface area (Å²) < 4.78 is 0. The van der Waals surface area contributed by atoms with Crippen LogP contribution in [0.4, 0.5) is 17.1 Å². The van der Waals surface area contributed by atoms with Crippen molar-refractivity contribution in [3.8, 4) is 66.8 Å². The number of hydrogen-bond donors (Lipinski definition) is 0. The Balaban J connectivity index is 0.984. The second-order valence-electron chi connectivity index (χ2n) is 20.3. The van der Waals surface area contributed by atoms with Crippen molar-refractivity contribution in [2.24, 2.45) is 0 Å². The summed E-state index contributed by atoms with van der Waals surface area (Å²) in [6.07, 6.45) is 0. The SMILES string of the molecule is CC1(C)c2ccccc2-c2ccc(N(c3ccc(-c4ccccc4)cc3)c3ccc(-c4cc5c(c6c4C(C)(C)c4ccccc4-6)-c4ccccc4C54c5ccccc5-c5ccccc54)cc3)cc21. The maximum atomic E-state index is 2.61. The van der Waals surface area contributed by atoms with Gasteiger partial charge in [0, 0.05) is 27.9 Å². The van der Waals surface area contributed by atoms with Crippen LogP contribution in [0.25, 0.3) is 66.8 Å². The Morgan fingerprint density at radius 2 is 0.676 bits per heavy atom. The monoisotopic (exact) mass is 867 g/mol. The standard InChI is InChI=1S/C67H49N/c1-65(2)55-25-13-8-20-48(55)51-39-38-47(40-60(51)65)68(45-34-30-43(31-35-45)42-18-6-5-7-19-42)46-36-32-44(33-37-46)54-41-61-62(63-52-23-11-14-26-56(52)66(3,4)64(54)63)53-24-12-17-29-59(53)67(61)57-27-15-9-21-49(57)50-22-10-16-28-58(50)67/h5-41H,1-4H3. The van der Waals surface area contributed by atoms with Crippen LogP contribution in [-0.4, -0.2) is 0 Å². The zero-order valence-corrected chi connectivity index (χ0v) is 38.8. The first kappa shape index (κ1) is 39.2. The maximum absolute atomic E-state index is 2.61. The topological polar surface area (TPSA) is 3.24 Å². The molecule has 0 fully saturated rings. The molecule has 0 atom stereocenters. The quantitative estimate of drug-likeness (QED) is 0.167. The highest BCUT2D eigenvalue weighted by atomic mass is 15.1. The molecule has 1 nitrogen and oxygen atoms in total. The van der Waals surface area contributed by atoms with E-state index in [0.717, 1.165) is 17.1 Å². The van der Waals surface area contributed by atoms with Crippen LogP contribution in [0.5, 0.6) is 0 Å². The number of anilines is 3. The smallest absolute Gasteiger partial charge is 0.0725 e. The van der Waals surface area contributed by atoms with E-state index in [4.69, 9.17) is 0 Å². The molecule has 68 heavy (non-hydrogen) atoms. The lowest BCUT2D eigenvalue weighted by Gasteiger charge is -2.32. The normalized spacial score (nSPS) is 15.1. The molecule has 10 aromatic rings. The molecule has 0 radical (unpaired) electrons. The van der Waals surface area contributed by atoms with Crippen molar-refractivity contribution in [1.29, 1.82) is 0 Å². The fourth-order valence-electron chi connectivity index (χ4n) is 13.3. The first-order valence-corrected chi connectivity index (χ1v) is 24.2. The van der Waals surface area contributed by atoms with Crippen molar-refractivity contribution in [3.05, 3.63) is 269 Å². The maximum Gasteiger partial charge on any atom is 0.0725 e. The van der Waals surface area contributed by atoms with Gasteiger partial charge in [-0.15, -0.1) is 0 Å². The van der Waals surface area contributed by atoms with Crippen LogP contribution < -0.4 is 4.90 Å². The van der Waals surface area contributed by atoms with Crippen LogP contribution >= 0.6 is 0 Å². The zero-order chi connectivity index (χ0) is 45.5. The Morgan fingerprint density at radius 3 is 1.26 bits per heavy atom. The molecular formula is C67H49N. The Hall–Kier alpha value is -8.00. The van der Waals surface area contributed by atoms with Gasteiger partial charge in [0.25, 0.3) is 0 Å². The first-order valence-electron chi connectivity index (χ1n) is 24.2. The van der Waals surface area contributed by atoms with E-state index >= 15 is 0 Å². The van der Waals surface area contributed by atoms with E-state index < -0.39 is 5.41 Å². The van der Waals surface area contributed by atoms with Crippen LogP contribution in [0.1, 0.15) is 72.2 Å². The summed E-state index contributed by atoms with van der Waals surface area (Å²) in [7, 11) is 0. The molecule has 0 unspecified atom stereocenters. The number of nitrogens with zero attached hydrogens (tertiary/aromatic N) is 1. The molecule has 4 aliphatic rings. The summed E-state index contributed by atoms with van der Waals surface area (Å²) in [5.41, 5.74) is 29.4. The molecule has 0 saturated carbocycles. The predicted octanol–water partition coefficient (Wildman–Crippen LogP) is 17.4. The van der Waals surface area contributed by atoms with Gasteiger partial charge in [-0.25, -0.2) is 0 Å². The van der Waals surface area contributed by atoms with E-state index in [1.54, 1.807) is 0 Å². The molecule has 4 aliphatic carbocycles. The van der Waals surface area contributed by atoms with E-state index in [2.05, 4.69) is 257 Å². The Morgan fingerprint density at radius 1 is 0.265 bits per heavy atom. The third-order valence-corrected chi connectivity index (χ3v) is 16.3. The minimum atomic E-state index is -0.450. The van der Waals surface area contributed by atoms with Gasteiger partial charge in [-0.1, -0.05) is 210 Å². The molecular weight excluding hydrogens is 819 g/mol. The van der Waals surface area contributed by atoms with Gasteiger partial charge in [0.1, 0.15) is 0 Å². The summed E-state index contributed by atoms with van der Waals surface area (Å²) in [6.45, 7) is 9.62. The Labute approximate surface area is 399 Å². The van der Waals surface area contributed by atoms with E-state index in [0.29, 0.717) is 0 Å². The summed E-state index contributed by atoms with van der Waals surface area (Å²) in [6, 6.07) is 84.7. The van der Waals surface area contributed by atoms with Crippen molar-refractivity contribution < 1.29 is 0 Å². The summed E-state index contributed by atoms with van der Waals surface area (Å²) >= 11 is 0. The van der Waals surface area contributed by atoms with Gasteiger partial charge >= 0.3 is 0 Å². The molecule has 1 heteroatoms. The molecule has 0 N–H and O–H groups in total. The third-order valence-electron chi connectivity index (χ3n) is 16.3. The fraction of sp³-hybridized carbons (Fsp3) is 0.104. The highest BCUT2D eigenvalue weighted by molar-refractivity contribution is 6.06. The minimum absolute atomic E-state index is 0.121. The zero-order valence-electron chi connectivity index (χ0n) is 38.8. The van der Waals surface area contributed by atoms with Gasteiger partial charge in [-0.05, 0) is 154 Å². The molecule has 322 valence electrons. The minimum Gasteiger partial charge on any atom is -0.310 e. The molecule has 0 saturated heterocycles. The molecule has 0 aromatic heterocycles. The highest BCUT2D eigenvalue weighted by Gasteiger charge is 2.54. The van der Waals surface area contributed by atoms with Crippen molar-refractivity contribution >= 4 is 17.1 Å². The predicted molar refractivity (Wildman–Crippen MR) is 283 cm³/mol. The first-order chi connectivity index (χ1) is 33.3. The molecule has 10 aromatic carbocycles. The number of fused-ring (bicyclic) bond motifs is 17. The van der Waals surface area contributed by atoms with Gasteiger partial charge in [0.05, 0.1) is 5.41 Å². The fourth-order valence-corrected chi connectivity index (χ4v) is 13.3. The highest BCUT2D eigenvalue weighted by Crippen LogP contribution is 2.67. The van der Waals surface area contributed by atoms with E-state index in [1.165, 1.54) is 111 Å². The van der Waals surface area contributed by atoms with Crippen molar-refractivity contribution in [3.63, 3.8) is 0 Å². The number of benzene rings is 10. The number of rotatable bonds is 5. The molecule has 0 amide bonds. The summed E-state index contributed by atoms with van der Waals surface area (Å²) in [5.74, 6) is 0. The van der Waals surface area contributed by atoms with E-state index in [1.807, 2.05) is 0 Å². The molecule has 0 aliphatic heterocycles. The molecule has 14 rings (SSSR count). The lowest BCUT2D eigenvalue weighted by molar-refractivity contribution is 0.660.